The van der Waals surface area contributed by atoms with Crippen molar-refractivity contribution in [2.45, 2.75) is 51.2 Å². The van der Waals surface area contributed by atoms with Crippen LogP contribution >= 0.6 is 23.2 Å². The van der Waals surface area contributed by atoms with Crippen LogP contribution in [0.4, 0.5) is 4.39 Å². The van der Waals surface area contributed by atoms with Crippen LogP contribution in [0.1, 0.15) is 36.8 Å². The first-order valence-electron chi connectivity index (χ1n) is 12.7. The number of halogens is 3. The Balaban J connectivity index is 1.23. The molecule has 0 amide bonds. The molecule has 36 heavy (non-hydrogen) atoms. The van der Waals surface area contributed by atoms with Crippen molar-refractivity contribution in [1.29, 1.82) is 0 Å². The molecular weight excluding hydrogens is 502 g/mol. The van der Waals surface area contributed by atoms with Gasteiger partial charge in [0.1, 0.15) is 23.7 Å². The van der Waals surface area contributed by atoms with Crippen LogP contribution in [0.15, 0.2) is 36.4 Å². The predicted octanol–water partition coefficient (Wildman–Crippen LogP) is 5.78. The summed E-state index contributed by atoms with van der Waals surface area (Å²) in [4.78, 5) is 17.3. The number of carbonyl (C=O) groups excluding carboxylic acids is 1. The quantitative estimate of drug-likeness (QED) is 0.400. The highest BCUT2D eigenvalue weighted by Gasteiger charge is 2.32. The number of nitrogens with zero attached hydrogens (tertiary/aromatic N) is 2. The smallest absolute Gasteiger partial charge is 0.323 e. The summed E-state index contributed by atoms with van der Waals surface area (Å²) in [6.07, 6.45) is 4.79. The fourth-order valence-electron chi connectivity index (χ4n) is 5.30. The standard InChI is InChI=1S/C28H35Cl2FN2O3/c1-19-26(8-7-24(29)27(19)30)36-23-11-13-32(14-12-23)18-21-9-15-33(16-10-21)25(28(34)35-2)17-20-3-5-22(31)6-4-20/h3-8,21,23,25H,9-18H2,1-2H3/t25-/m0/s1. The Morgan fingerprint density at radius 1 is 1.03 bits per heavy atom. The van der Waals surface area contributed by atoms with E-state index < -0.39 is 0 Å². The molecule has 2 aromatic rings. The minimum atomic E-state index is -0.334. The van der Waals surface area contributed by atoms with Gasteiger partial charge in [-0.3, -0.25) is 9.69 Å². The Bertz CT molecular complexity index is 1020. The molecule has 0 unspecified atom stereocenters. The van der Waals surface area contributed by atoms with Crippen LogP contribution in [0, 0.1) is 18.7 Å². The molecule has 2 aliphatic rings. The van der Waals surface area contributed by atoms with Crippen LogP contribution in [0.3, 0.4) is 0 Å². The number of carbonyl (C=O) groups is 1. The largest absolute Gasteiger partial charge is 0.490 e. The molecule has 196 valence electrons. The summed E-state index contributed by atoms with van der Waals surface area (Å²) in [5.41, 5.74) is 1.83. The monoisotopic (exact) mass is 536 g/mol. The number of hydrogen-bond acceptors (Lipinski definition) is 5. The maximum absolute atomic E-state index is 13.3. The molecule has 0 radical (unpaired) electrons. The summed E-state index contributed by atoms with van der Waals surface area (Å²) in [7, 11) is 1.43. The van der Waals surface area contributed by atoms with E-state index in [0.717, 1.165) is 75.3 Å². The van der Waals surface area contributed by atoms with Crippen LogP contribution in [0.5, 0.6) is 5.75 Å². The van der Waals surface area contributed by atoms with Crippen LogP contribution in [-0.4, -0.2) is 67.7 Å². The van der Waals surface area contributed by atoms with E-state index in [9.17, 15) is 9.18 Å². The molecule has 1 atom stereocenters. The molecule has 0 spiro atoms. The Kier molecular flexibility index (Phi) is 9.51. The van der Waals surface area contributed by atoms with Gasteiger partial charge in [-0.1, -0.05) is 35.3 Å². The summed E-state index contributed by atoms with van der Waals surface area (Å²) >= 11 is 12.4. The maximum atomic E-state index is 13.3. The van der Waals surface area contributed by atoms with Gasteiger partial charge in [0.15, 0.2) is 0 Å². The van der Waals surface area contributed by atoms with E-state index in [1.54, 1.807) is 18.2 Å². The lowest BCUT2D eigenvalue weighted by molar-refractivity contribution is -0.147. The van der Waals surface area contributed by atoms with E-state index in [4.69, 9.17) is 32.7 Å². The van der Waals surface area contributed by atoms with Gasteiger partial charge in [0, 0.05) is 25.2 Å². The molecule has 0 aliphatic carbocycles. The van der Waals surface area contributed by atoms with Crippen molar-refractivity contribution in [1.82, 2.24) is 9.80 Å². The molecule has 0 N–H and O–H groups in total. The van der Waals surface area contributed by atoms with Crippen molar-refractivity contribution in [2.24, 2.45) is 5.92 Å². The molecule has 2 aliphatic heterocycles. The molecule has 2 fully saturated rings. The second-order valence-corrected chi connectivity index (χ2v) is 10.7. The predicted molar refractivity (Wildman–Crippen MR) is 141 cm³/mol. The molecule has 5 nitrogen and oxygen atoms in total. The minimum absolute atomic E-state index is 0.186. The molecule has 2 heterocycles. The average Bonchev–Trinajstić information content (AvgIpc) is 2.90. The van der Waals surface area contributed by atoms with Crippen molar-refractivity contribution in [3.05, 3.63) is 63.4 Å². The van der Waals surface area contributed by atoms with Crippen LogP contribution in [0.2, 0.25) is 10.0 Å². The summed E-state index contributed by atoms with van der Waals surface area (Å²) in [6, 6.07) is 9.73. The Morgan fingerprint density at radius 3 is 2.33 bits per heavy atom. The first-order chi connectivity index (χ1) is 17.3. The highest BCUT2D eigenvalue weighted by molar-refractivity contribution is 6.42. The van der Waals surface area contributed by atoms with Crippen LogP contribution in [-0.2, 0) is 16.0 Å². The van der Waals surface area contributed by atoms with E-state index in [2.05, 4.69) is 9.80 Å². The first kappa shape index (κ1) is 27.2. The zero-order chi connectivity index (χ0) is 25.7. The van der Waals surface area contributed by atoms with Gasteiger partial charge in [0.2, 0.25) is 0 Å². The molecular formula is C28H35Cl2FN2O3. The lowest BCUT2D eigenvalue weighted by atomic mass is 9.93. The number of hydrogen-bond donors (Lipinski definition) is 0. The topological polar surface area (TPSA) is 42.0 Å². The van der Waals surface area contributed by atoms with Crippen molar-refractivity contribution >= 4 is 29.2 Å². The second-order valence-electron chi connectivity index (χ2n) is 9.95. The summed E-state index contributed by atoms with van der Waals surface area (Å²) < 4.78 is 24.6. The van der Waals surface area contributed by atoms with Crippen molar-refractivity contribution in [2.75, 3.05) is 39.8 Å². The fraction of sp³-hybridized carbons (Fsp3) is 0.536. The average molecular weight is 538 g/mol. The van der Waals surface area contributed by atoms with Crippen molar-refractivity contribution in [3.63, 3.8) is 0 Å². The lowest BCUT2D eigenvalue weighted by Gasteiger charge is -2.39. The van der Waals surface area contributed by atoms with Crippen molar-refractivity contribution in [3.8, 4) is 5.75 Å². The van der Waals surface area contributed by atoms with Gasteiger partial charge < -0.3 is 14.4 Å². The third-order valence-corrected chi connectivity index (χ3v) is 8.44. The van der Waals surface area contributed by atoms with Gasteiger partial charge in [-0.15, -0.1) is 0 Å². The number of rotatable bonds is 8. The fourth-order valence-corrected chi connectivity index (χ4v) is 5.67. The Labute approximate surface area is 223 Å². The van der Waals surface area contributed by atoms with Gasteiger partial charge in [-0.05, 0) is 87.9 Å². The SMILES string of the molecule is COC(=O)[C@H](Cc1ccc(F)cc1)N1CCC(CN2CCC(Oc3ccc(Cl)c(Cl)c3C)CC2)CC1. The molecule has 2 saturated heterocycles. The van der Waals surface area contributed by atoms with Gasteiger partial charge >= 0.3 is 5.97 Å². The lowest BCUT2D eigenvalue weighted by Crippen LogP contribution is -2.49. The molecule has 0 aromatic heterocycles. The highest BCUT2D eigenvalue weighted by atomic mass is 35.5. The van der Waals surface area contributed by atoms with Crippen LogP contribution in [0.25, 0.3) is 0 Å². The zero-order valence-electron chi connectivity index (χ0n) is 21.0. The Morgan fingerprint density at radius 2 is 1.69 bits per heavy atom. The van der Waals surface area contributed by atoms with Crippen molar-refractivity contribution < 1.29 is 18.7 Å². The number of methoxy groups -OCH3 is 1. The summed E-state index contributed by atoms with van der Waals surface area (Å²) in [5, 5.41) is 1.11. The number of ether oxygens (including phenoxy) is 2. The second kappa shape index (κ2) is 12.6. The van der Waals surface area contributed by atoms with Gasteiger partial charge in [0.05, 0.1) is 17.2 Å². The van der Waals surface area contributed by atoms with E-state index in [1.807, 2.05) is 13.0 Å². The zero-order valence-corrected chi connectivity index (χ0v) is 22.5. The highest BCUT2D eigenvalue weighted by Crippen LogP contribution is 2.33. The number of benzene rings is 2. The van der Waals surface area contributed by atoms with E-state index in [0.29, 0.717) is 22.4 Å². The Hall–Kier alpha value is -1.86. The van der Waals surface area contributed by atoms with E-state index in [1.165, 1.54) is 19.2 Å². The van der Waals surface area contributed by atoms with Crippen LogP contribution < -0.4 is 4.74 Å². The molecule has 2 aromatic carbocycles. The number of likely N-dealkylation sites (tertiary alicyclic amines) is 2. The van der Waals surface area contributed by atoms with Gasteiger partial charge in [-0.2, -0.15) is 0 Å². The molecule has 4 rings (SSSR count). The number of piperidine rings is 2. The maximum Gasteiger partial charge on any atom is 0.323 e. The molecule has 0 saturated carbocycles. The van der Waals surface area contributed by atoms with Gasteiger partial charge in [0.25, 0.3) is 0 Å². The third-order valence-electron chi connectivity index (χ3n) is 7.54. The number of esters is 1. The summed E-state index contributed by atoms with van der Waals surface area (Å²) in [6.45, 7) is 6.77. The first-order valence-corrected chi connectivity index (χ1v) is 13.5. The third kappa shape index (κ3) is 6.91. The molecule has 8 heteroatoms. The molecule has 0 bridgehead atoms. The summed E-state index contributed by atoms with van der Waals surface area (Å²) in [5.74, 6) is 0.933. The normalized spacial score (nSPS) is 19.2. The van der Waals surface area contributed by atoms with E-state index >= 15 is 0 Å². The minimum Gasteiger partial charge on any atom is -0.490 e. The van der Waals surface area contributed by atoms with Gasteiger partial charge in [-0.25, -0.2) is 4.39 Å². The van der Waals surface area contributed by atoms with E-state index in [-0.39, 0.29) is 23.9 Å².